The molecule has 0 amide bonds. The first-order valence-electron chi connectivity index (χ1n) is 5.78. The van der Waals surface area contributed by atoms with Crippen LogP contribution in [0.5, 0.6) is 0 Å². The molecule has 1 aromatic carbocycles. The maximum absolute atomic E-state index is 2.29. The van der Waals surface area contributed by atoms with Gasteiger partial charge in [0.2, 0.25) is 0 Å². The van der Waals surface area contributed by atoms with Crippen LogP contribution in [-0.2, 0) is 6.54 Å². The minimum atomic E-state index is 1.14. The number of benzene rings is 1. The van der Waals surface area contributed by atoms with Gasteiger partial charge in [0.15, 0.2) is 12.4 Å². The van der Waals surface area contributed by atoms with Crippen molar-refractivity contribution in [2.24, 2.45) is 0 Å². The highest BCUT2D eigenvalue weighted by Crippen LogP contribution is 2.09. The second kappa shape index (κ2) is 4.92. The number of aromatic nitrogens is 1. The van der Waals surface area contributed by atoms with Crippen LogP contribution in [0.1, 0.15) is 26.2 Å². The van der Waals surface area contributed by atoms with E-state index in [2.05, 4.69) is 54.2 Å². The zero-order valence-electron chi connectivity index (χ0n) is 9.32. The van der Waals surface area contributed by atoms with Gasteiger partial charge in [-0.1, -0.05) is 31.5 Å². The Bertz CT molecular complexity index is 434. The van der Waals surface area contributed by atoms with Gasteiger partial charge in [-0.3, -0.25) is 0 Å². The van der Waals surface area contributed by atoms with E-state index in [9.17, 15) is 0 Å². The third kappa shape index (κ3) is 2.56. The second-order valence-electron chi connectivity index (χ2n) is 4.02. The Morgan fingerprint density at radius 3 is 2.60 bits per heavy atom. The van der Waals surface area contributed by atoms with Gasteiger partial charge in [-0.15, -0.1) is 0 Å². The van der Waals surface area contributed by atoms with Crippen molar-refractivity contribution in [3.8, 4) is 0 Å². The van der Waals surface area contributed by atoms with E-state index in [1.807, 2.05) is 0 Å². The summed E-state index contributed by atoms with van der Waals surface area (Å²) in [6.45, 7) is 3.38. The molecule has 2 rings (SSSR count). The Morgan fingerprint density at radius 2 is 1.80 bits per heavy atom. The van der Waals surface area contributed by atoms with Crippen molar-refractivity contribution >= 4 is 10.8 Å². The van der Waals surface area contributed by atoms with Crippen molar-refractivity contribution in [1.82, 2.24) is 0 Å². The summed E-state index contributed by atoms with van der Waals surface area (Å²) in [5.74, 6) is 0. The summed E-state index contributed by atoms with van der Waals surface area (Å²) in [6, 6.07) is 10.7. The molecule has 15 heavy (non-hydrogen) atoms. The zero-order valence-corrected chi connectivity index (χ0v) is 9.32. The minimum absolute atomic E-state index is 1.14. The minimum Gasteiger partial charge on any atom is -0.205 e. The summed E-state index contributed by atoms with van der Waals surface area (Å²) in [4.78, 5) is 0. The average Bonchev–Trinajstić information content (AvgIpc) is 2.29. The van der Waals surface area contributed by atoms with Crippen LogP contribution in [0, 0.1) is 0 Å². The van der Waals surface area contributed by atoms with Crippen LogP contribution in [0.15, 0.2) is 42.7 Å². The lowest BCUT2D eigenvalue weighted by molar-refractivity contribution is -0.696. The zero-order chi connectivity index (χ0) is 10.5. The molecular formula is C14H18N+. The van der Waals surface area contributed by atoms with Gasteiger partial charge in [0.1, 0.15) is 6.54 Å². The standard InChI is InChI=1S/C14H18N/c1-2-3-6-10-15-11-9-13-7-4-5-8-14(13)12-15/h4-5,7-9,11-12H,2-3,6,10H2,1H3/q+1. The molecule has 0 aliphatic rings. The number of fused-ring (bicyclic) bond motifs is 1. The highest BCUT2D eigenvalue weighted by Gasteiger charge is 2.01. The lowest BCUT2D eigenvalue weighted by Gasteiger charge is -1.98. The highest BCUT2D eigenvalue weighted by molar-refractivity contribution is 5.80. The lowest BCUT2D eigenvalue weighted by Crippen LogP contribution is -2.32. The van der Waals surface area contributed by atoms with E-state index in [1.54, 1.807) is 0 Å². The average molecular weight is 200 g/mol. The number of unbranched alkanes of at least 4 members (excludes halogenated alkanes) is 2. The van der Waals surface area contributed by atoms with E-state index in [0.717, 1.165) is 6.54 Å². The molecule has 0 unspecified atom stereocenters. The van der Waals surface area contributed by atoms with Crippen LogP contribution in [0.2, 0.25) is 0 Å². The van der Waals surface area contributed by atoms with Crippen molar-refractivity contribution in [2.45, 2.75) is 32.7 Å². The fourth-order valence-corrected chi connectivity index (χ4v) is 1.86. The van der Waals surface area contributed by atoms with Gasteiger partial charge in [-0.2, -0.15) is 0 Å². The van der Waals surface area contributed by atoms with Gasteiger partial charge >= 0.3 is 0 Å². The summed E-state index contributed by atoms with van der Waals surface area (Å²) in [5.41, 5.74) is 0. The number of pyridine rings is 1. The normalized spacial score (nSPS) is 10.7. The lowest BCUT2D eigenvalue weighted by atomic mass is 10.2. The molecule has 78 valence electrons. The molecule has 0 aliphatic carbocycles. The van der Waals surface area contributed by atoms with Gasteiger partial charge in [0.25, 0.3) is 0 Å². The van der Waals surface area contributed by atoms with Gasteiger partial charge in [0.05, 0.1) is 0 Å². The third-order valence-corrected chi connectivity index (χ3v) is 2.77. The molecule has 1 heterocycles. The predicted octanol–water partition coefficient (Wildman–Crippen LogP) is 3.32. The SMILES string of the molecule is CCCCC[n+]1ccc2ccccc2c1. The van der Waals surface area contributed by atoms with E-state index in [4.69, 9.17) is 0 Å². The van der Waals surface area contributed by atoms with Crippen LogP contribution in [0.25, 0.3) is 10.8 Å². The Balaban J connectivity index is 2.16. The van der Waals surface area contributed by atoms with Crippen molar-refractivity contribution in [1.29, 1.82) is 0 Å². The monoisotopic (exact) mass is 200 g/mol. The number of rotatable bonds is 4. The summed E-state index contributed by atoms with van der Waals surface area (Å²) >= 11 is 0. The molecule has 0 radical (unpaired) electrons. The summed E-state index contributed by atoms with van der Waals surface area (Å²) in [6.07, 6.45) is 8.30. The van der Waals surface area contributed by atoms with Crippen molar-refractivity contribution in [2.75, 3.05) is 0 Å². The van der Waals surface area contributed by atoms with Crippen molar-refractivity contribution < 1.29 is 4.57 Å². The van der Waals surface area contributed by atoms with Gasteiger partial charge in [-0.05, 0) is 17.9 Å². The molecule has 2 aromatic rings. The van der Waals surface area contributed by atoms with Gasteiger partial charge in [-0.25, -0.2) is 4.57 Å². The Hall–Kier alpha value is -1.37. The molecule has 0 saturated heterocycles. The fourth-order valence-electron chi connectivity index (χ4n) is 1.86. The Labute approximate surface area is 91.4 Å². The first-order chi connectivity index (χ1) is 7.40. The summed E-state index contributed by atoms with van der Waals surface area (Å²) in [7, 11) is 0. The van der Waals surface area contributed by atoms with Crippen LogP contribution < -0.4 is 4.57 Å². The molecule has 0 atom stereocenters. The predicted molar refractivity (Wildman–Crippen MR) is 63.7 cm³/mol. The quantitative estimate of drug-likeness (QED) is 0.526. The number of hydrogen-bond acceptors (Lipinski definition) is 0. The van der Waals surface area contributed by atoms with Crippen LogP contribution in [0.3, 0.4) is 0 Å². The van der Waals surface area contributed by atoms with E-state index in [0.29, 0.717) is 0 Å². The summed E-state index contributed by atoms with van der Waals surface area (Å²) < 4.78 is 2.29. The number of aryl methyl sites for hydroxylation is 1. The molecule has 0 aliphatic heterocycles. The van der Waals surface area contributed by atoms with E-state index in [1.165, 1.54) is 30.0 Å². The second-order valence-corrected chi connectivity index (χ2v) is 4.02. The number of hydrogen-bond donors (Lipinski definition) is 0. The largest absolute Gasteiger partial charge is 0.205 e. The third-order valence-electron chi connectivity index (χ3n) is 2.77. The first kappa shape index (κ1) is 10.2. The highest BCUT2D eigenvalue weighted by atomic mass is 14.9. The van der Waals surface area contributed by atoms with Gasteiger partial charge < -0.3 is 0 Å². The van der Waals surface area contributed by atoms with E-state index >= 15 is 0 Å². The Kier molecular flexibility index (Phi) is 3.33. The molecule has 0 bridgehead atoms. The Morgan fingerprint density at radius 1 is 1.00 bits per heavy atom. The maximum atomic E-state index is 2.29. The summed E-state index contributed by atoms with van der Waals surface area (Å²) in [5, 5.41) is 2.65. The van der Waals surface area contributed by atoms with Crippen LogP contribution in [0.4, 0.5) is 0 Å². The smallest absolute Gasteiger partial charge is 0.176 e. The molecule has 0 spiro atoms. The number of nitrogens with zero attached hydrogens (tertiary/aromatic N) is 1. The van der Waals surface area contributed by atoms with E-state index in [-0.39, 0.29) is 0 Å². The molecule has 1 nitrogen and oxygen atoms in total. The topological polar surface area (TPSA) is 3.88 Å². The van der Waals surface area contributed by atoms with E-state index < -0.39 is 0 Å². The van der Waals surface area contributed by atoms with Crippen LogP contribution in [-0.4, -0.2) is 0 Å². The molecule has 0 saturated carbocycles. The molecule has 1 heteroatoms. The molecule has 0 fully saturated rings. The van der Waals surface area contributed by atoms with Gasteiger partial charge in [0, 0.05) is 17.9 Å². The maximum Gasteiger partial charge on any atom is 0.176 e. The van der Waals surface area contributed by atoms with Crippen molar-refractivity contribution in [3.63, 3.8) is 0 Å². The molecule has 1 aromatic heterocycles. The van der Waals surface area contributed by atoms with Crippen LogP contribution >= 0.6 is 0 Å². The fraction of sp³-hybridized carbons (Fsp3) is 0.357. The van der Waals surface area contributed by atoms with Crippen molar-refractivity contribution in [3.05, 3.63) is 42.7 Å². The molecular weight excluding hydrogens is 182 g/mol. The first-order valence-corrected chi connectivity index (χ1v) is 5.78. The molecule has 0 N–H and O–H groups in total.